The van der Waals surface area contributed by atoms with Crippen molar-refractivity contribution in [1.29, 1.82) is 0 Å². The summed E-state index contributed by atoms with van der Waals surface area (Å²) in [6.45, 7) is 10.8. The molecule has 0 aromatic rings. The van der Waals surface area contributed by atoms with Crippen molar-refractivity contribution in [2.75, 3.05) is 0 Å². The number of hydrogen-bond donors (Lipinski definition) is 0. The third-order valence-corrected chi connectivity index (χ3v) is 2.37. The SMILES string of the molecule is C=C(CC1C=CC=C1)C(C)(C)C. The van der Waals surface area contributed by atoms with Crippen LogP contribution >= 0.6 is 0 Å². The molecule has 0 amide bonds. The van der Waals surface area contributed by atoms with Gasteiger partial charge in [-0.3, -0.25) is 0 Å². The topological polar surface area (TPSA) is 0 Å². The molecule has 0 fully saturated rings. The maximum atomic E-state index is 4.12. The Hall–Kier alpha value is -0.780. The predicted octanol–water partition coefficient (Wildman–Crippen LogP) is 3.72. The van der Waals surface area contributed by atoms with E-state index >= 15 is 0 Å². The van der Waals surface area contributed by atoms with Crippen molar-refractivity contribution in [1.82, 2.24) is 0 Å². The molecule has 1 rings (SSSR count). The molecule has 66 valence electrons. The molecule has 0 saturated heterocycles. The molecule has 0 unspecified atom stereocenters. The van der Waals surface area contributed by atoms with Gasteiger partial charge in [0.25, 0.3) is 0 Å². The van der Waals surface area contributed by atoms with E-state index in [1.54, 1.807) is 0 Å². The van der Waals surface area contributed by atoms with Crippen LogP contribution in [-0.2, 0) is 0 Å². The first kappa shape index (κ1) is 9.31. The molecule has 0 bridgehead atoms. The summed E-state index contributed by atoms with van der Waals surface area (Å²) in [6, 6.07) is 0. The maximum absolute atomic E-state index is 4.12. The van der Waals surface area contributed by atoms with Crippen molar-refractivity contribution in [3.05, 3.63) is 36.5 Å². The summed E-state index contributed by atoms with van der Waals surface area (Å²) >= 11 is 0. The monoisotopic (exact) mass is 162 g/mol. The summed E-state index contributed by atoms with van der Waals surface area (Å²) in [5.74, 6) is 0.594. The molecular formula is C12H18. The first-order chi connectivity index (χ1) is 5.50. The summed E-state index contributed by atoms with van der Waals surface area (Å²) in [5, 5.41) is 0. The molecule has 0 aromatic heterocycles. The van der Waals surface area contributed by atoms with Crippen LogP contribution in [0.25, 0.3) is 0 Å². The molecule has 0 nitrogen and oxygen atoms in total. The molecule has 0 atom stereocenters. The first-order valence-electron chi connectivity index (χ1n) is 4.53. The van der Waals surface area contributed by atoms with Gasteiger partial charge in [-0.05, 0) is 17.8 Å². The summed E-state index contributed by atoms with van der Waals surface area (Å²) in [5.41, 5.74) is 1.59. The zero-order valence-electron chi connectivity index (χ0n) is 8.30. The Labute approximate surface area is 75.7 Å². The molecule has 0 heterocycles. The highest BCUT2D eigenvalue weighted by atomic mass is 14.2. The van der Waals surface area contributed by atoms with Crippen LogP contribution in [0.5, 0.6) is 0 Å². The van der Waals surface area contributed by atoms with Crippen LogP contribution in [0.15, 0.2) is 36.5 Å². The molecule has 0 heteroatoms. The van der Waals surface area contributed by atoms with Crippen LogP contribution in [0.3, 0.4) is 0 Å². The van der Waals surface area contributed by atoms with Crippen molar-refractivity contribution in [3.8, 4) is 0 Å². The summed E-state index contributed by atoms with van der Waals surface area (Å²) in [6.07, 6.45) is 9.78. The second-order valence-electron chi connectivity index (χ2n) is 4.49. The van der Waals surface area contributed by atoms with Gasteiger partial charge in [-0.1, -0.05) is 57.2 Å². The average molecular weight is 162 g/mol. The fourth-order valence-electron chi connectivity index (χ4n) is 1.20. The quantitative estimate of drug-likeness (QED) is 0.543. The van der Waals surface area contributed by atoms with E-state index in [0.29, 0.717) is 5.92 Å². The summed E-state index contributed by atoms with van der Waals surface area (Å²) in [4.78, 5) is 0. The number of rotatable bonds is 2. The number of hydrogen-bond acceptors (Lipinski definition) is 0. The third kappa shape index (κ3) is 2.37. The van der Waals surface area contributed by atoms with Gasteiger partial charge in [0.2, 0.25) is 0 Å². The fraction of sp³-hybridized carbons (Fsp3) is 0.500. The summed E-state index contributed by atoms with van der Waals surface area (Å²) < 4.78 is 0. The zero-order chi connectivity index (χ0) is 9.19. The molecular weight excluding hydrogens is 144 g/mol. The molecule has 1 aliphatic carbocycles. The predicted molar refractivity (Wildman–Crippen MR) is 55.0 cm³/mol. The van der Waals surface area contributed by atoms with Gasteiger partial charge < -0.3 is 0 Å². The van der Waals surface area contributed by atoms with Crippen molar-refractivity contribution < 1.29 is 0 Å². The van der Waals surface area contributed by atoms with Gasteiger partial charge in [0, 0.05) is 0 Å². The third-order valence-electron chi connectivity index (χ3n) is 2.37. The zero-order valence-corrected chi connectivity index (χ0v) is 8.30. The second kappa shape index (κ2) is 3.30. The van der Waals surface area contributed by atoms with Gasteiger partial charge >= 0.3 is 0 Å². The first-order valence-corrected chi connectivity index (χ1v) is 4.53. The minimum Gasteiger partial charge on any atom is -0.0993 e. The highest BCUT2D eigenvalue weighted by molar-refractivity contribution is 5.21. The Morgan fingerprint density at radius 1 is 1.25 bits per heavy atom. The van der Waals surface area contributed by atoms with Crippen molar-refractivity contribution in [2.24, 2.45) is 11.3 Å². The molecule has 0 radical (unpaired) electrons. The van der Waals surface area contributed by atoms with E-state index in [1.807, 2.05) is 0 Å². The minimum atomic E-state index is 0.254. The van der Waals surface area contributed by atoms with Crippen LogP contribution in [-0.4, -0.2) is 0 Å². The Bertz CT molecular complexity index is 211. The van der Waals surface area contributed by atoms with Crippen LogP contribution in [0.1, 0.15) is 27.2 Å². The molecule has 1 aliphatic rings. The van der Waals surface area contributed by atoms with Gasteiger partial charge in [0.1, 0.15) is 0 Å². The van der Waals surface area contributed by atoms with E-state index < -0.39 is 0 Å². The maximum Gasteiger partial charge on any atom is -0.000996 e. The largest absolute Gasteiger partial charge is 0.0993 e. The van der Waals surface area contributed by atoms with Gasteiger partial charge in [-0.2, -0.15) is 0 Å². The van der Waals surface area contributed by atoms with E-state index in [9.17, 15) is 0 Å². The minimum absolute atomic E-state index is 0.254. The molecule has 0 spiro atoms. The molecule has 0 aromatic carbocycles. The Balaban J connectivity index is 2.47. The van der Waals surface area contributed by atoms with Crippen LogP contribution in [0, 0.1) is 11.3 Å². The van der Waals surface area contributed by atoms with E-state index in [1.165, 1.54) is 5.57 Å². The molecule has 0 N–H and O–H groups in total. The van der Waals surface area contributed by atoms with Gasteiger partial charge in [-0.15, -0.1) is 0 Å². The molecule has 0 saturated carbocycles. The Morgan fingerprint density at radius 3 is 2.17 bits per heavy atom. The van der Waals surface area contributed by atoms with E-state index in [2.05, 4.69) is 51.7 Å². The standard InChI is InChI=1S/C12H18/c1-10(12(2,3)4)9-11-7-5-6-8-11/h5-8,11H,1,9H2,2-4H3. The molecule has 12 heavy (non-hydrogen) atoms. The Morgan fingerprint density at radius 2 is 1.75 bits per heavy atom. The average Bonchev–Trinajstić information content (AvgIpc) is 2.37. The Kier molecular flexibility index (Phi) is 2.56. The highest BCUT2D eigenvalue weighted by Gasteiger charge is 2.17. The lowest BCUT2D eigenvalue weighted by Gasteiger charge is -2.23. The normalized spacial score (nSPS) is 17.2. The lowest BCUT2D eigenvalue weighted by atomic mass is 9.82. The van der Waals surface area contributed by atoms with Crippen molar-refractivity contribution in [2.45, 2.75) is 27.2 Å². The highest BCUT2D eigenvalue weighted by Crippen LogP contribution is 2.30. The second-order valence-corrected chi connectivity index (χ2v) is 4.49. The van der Waals surface area contributed by atoms with Crippen LogP contribution in [0.4, 0.5) is 0 Å². The van der Waals surface area contributed by atoms with E-state index in [4.69, 9.17) is 0 Å². The van der Waals surface area contributed by atoms with Gasteiger partial charge in [0.15, 0.2) is 0 Å². The van der Waals surface area contributed by atoms with Gasteiger partial charge in [-0.25, -0.2) is 0 Å². The van der Waals surface area contributed by atoms with Crippen LogP contribution in [0.2, 0.25) is 0 Å². The van der Waals surface area contributed by atoms with E-state index in [0.717, 1.165) is 6.42 Å². The summed E-state index contributed by atoms with van der Waals surface area (Å²) in [7, 11) is 0. The van der Waals surface area contributed by atoms with E-state index in [-0.39, 0.29) is 5.41 Å². The van der Waals surface area contributed by atoms with Crippen LogP contribution < -0.4 is 0 Å². The van der Waals surface area contributed by atoms with Gasteiger partial charge in [0.05, 0.1) is 0 Å². The lowest BCUT2D eigenvalue weighted by Crippen LogP contribution is -2.10. The van der Waals surface area contributed by atoms with Crippen molar-refractivity contribution in [3.63, 3.8) is 0 Å². The van der Waals surface area contributed by atoms with Crippen molar-refractivity contribution >= 4 is 0 Å². The fourth-order valence-corrected chi connectivity index (χ4v) is 1.20. The smallest absolute Gasteiger partial charge is 0.000996 e. The molecule has 0 aliphatic heterocycles. The lowest BCUT2D eigenvalue weighted by molar-refractivity contribution is 0.474. The number of allylic oxidation sites excluding steroid dienone is 5.